The van der Waals surface area contributed by atoms with Crippen LogP contribution >= 0.6 is 34.3 Å². The van der Waals surface area contributed by atoms with E-state index in [0.29, 0.717) is 5.02 Å². The second-order valence-electron chi connectivity index (χ2n) is 5.57. The van der Waals surface area contributed by atoms with E-state index in [-0.39, 0.29) is 0 Å². The second kappa shape index (κ2) is 7.10. The molecule has 0 saturated heterocycles. The highest BCUT2D eigenvalue weighted by Gasteiger charge is 2.24. The van der Waals surface area contributed by atoms with Crippen LogP contribution in [0.25, 0.3) is 21.6 Å². The first-order valence-electron chi connectivity index (χ1n) is 7.72. The average molecular weight is 384 g/mol. The molecule has 1 unspecified atom stereocenters. The molecule has 3 aromatic heterocycles. The fraction of sp³-hybridized carbons (Fsp3) is 0.0500. The molecular weight excluding hydrogens is 370 g/mol. The molecule has 4 rings (SSSR count). The second-order valence-corrected chi connectivity index (χ2v) is 7.64. The van der Waals surface area contributed by atoms with Gasteiger partial charge in [0.1, 0.15) is 6.10 Å². The standard InChI is InChI=1S/C20H14ClNOS2/c21-17-6-2-1-5-15(17)16-12-25-20(14-7-9-24-11-14)18(16)19(23)13-4-3-8-22-10-13/h1-12,19,23H. The number of hydrogen-bond acceptors (Lipinski definition) is 4. The maximum Gasteiger partial charge on any atom is 0.108 e. The molecule has 0 spiro atoms. The van der Waals surface area contributed by atoms with Crippen LogP contribution < -0.4 is 0 Å². The number of thiophene rings is 2. The van der Waals surface area contributed by atoms with Gasteiger partial charge in [-0.15, -0.1) is 11.3 Å². The predicted molar refractivity (Wildman–Crippen MR) is 106 cm³/mol. The van der Waals surface area contributed by atoms with Crippen molar-refractivity contribution >= 4 is 34.3 Å². The Labute approximate surface area is 159 Å². The molecule has 0 radical (unpaired) electrons. The summed E-state index contributed by atoms with van der Waals surface area (Å²) in [5, 5.41) is 18.0. The van der Waals surface area contributed by atoms with Crippen molar-refractivity contribution in [2.75, 3.05) is 0 Å². The van der Waals surface area contributed by atoms with E-state index in [1.54, 1.807) is 35.1 Å². The summed E-state index contributed by atoms with van der Waals surface area (Å²) < 4.78 is 0. The topological polar surface area (TPSA) is 33.1 Å². The quantitative estimate of drug-likeness (QED) is 0.450. The van der Waals surface area contributed by atoms with Crippen molar-refractivity contribution in [1.82, 2.24) is 4.98 Å². The Balaban J connectivity index is 1.93. The fourth-order valence-electron chi connectivity index (χ4n) is 2.85. The zero-order valence-electron chi connectivity index (χ0n) is 13.1. The van der Waals surface area contributed by atoms with E-state index >= 15 is 0 Å². The number of hydrogen-bond donors (Lipinski definition) is 1. The number of aromatic nitrogens is 1. The van der Waals surface area contributed by atoms with E-state index in [1.807, 2.05) is 41.8 Å². The van der Waals surface area contributed by atoms with Crippen molar-refractivity contribution in [2.45, 2.75) is 6.10 Å². The van der Waals surface area contributed by atoms with Crippen molar-refractivity contribution in [1.29, 1.82) is 0 Å². The van der Waals surface area contributed by atoms with Gasteiger partial charge >= 0.3 is 0 Å². The van der Waals surface area contributed by atoms with Gasteiger partial charge in [0, 0.05) is 50.1 Å². The Morgan fingerprint density at radius 1 is 1.00 bits per heavy atom. The predicted octanol–water partition coefficient (Wildman–Crippen LogP) is 6.27. The minimum Gasteiger partial charge on any atom is -0.384 e. The Bertz CT molecular complexity index is 980. The van der Waals surface area contributed by atoms with Gasteiger partial charge in [-0.3, -0.25) is 4.98 Å². The molecule has 1 aromatic carbocycles. The fourth-order valence-corrected chi connectivity index (χ4v) is 4.91. The molecule has 0 saturated carbocycles. The Hall–Kier alpha value is -1.98. The molecule has 0 fully saturated rings. The van der Waals surface area contributed by atoms with Gasteiger partial charge < -0.3 is 5.11 Å². The summed E-state index contributed by atoms with van der Waals surface area (Å²) in [4.78, 5) is 5.21. The molecule has 0 amide bonds. The van der Waals surface area contributed by atoms with Gasteiger partial charge in [-0.05, 0) is 34.3 Å². The average Bonchev–Trinajstić information content (AvgIpc) is 3.31. The van der Waals surface area contributed by atoms with Crippen LogP contribution in [-0.4, -0.2) is 10.1 Å². The zero-order chi connectivity index (χ0) is 17.2. The summed E-state index contributed by atoms with van der Waals surface area (Å²) >= 11 is 9.70. The molecule has 0 aliphatic heterocycles. The first kappa shape index (κ1) is 16.5. The minimum atomic E-state index is -0.763. The minimum absolute atomic E-state index is 0.678. The van der Waals surface area contributed by atoms with Gasteiger partial charge in [0.15, 0.2) is 0 Å². The Morgan fingerprint density at radius 2 is 1.88 bits per heavy atom. The molecule has 3 heterocycles. The molecule has 2 nitrogen and oxygen atoms in total. The number of aliphatic hydroxyl groups excluding tert-OH is 1. The van der Waals surface area contributed by atoms with E-state index in [2.05, 4.69) is 21.8 Å². The highest BCUT2D eigenvalue weighted by Crippen LogP contribution is 2.45. The third-order valence-corrected chi connectivity index (χ3v) is 6.11. The zero-order valence-corrected chi connectivity index (χ0v) is 15.5. The highest BCUT2D eigenvalue weighted by molar-refractivity contribution is 7.15. The van der Waals surface area contributed by atoms with E-state index in [4.69, 9.17) is 11.6 Å². The van der Waals surface area contributed by atoms with Crippen LogP contribution in [0.3, 0.4) is 0 Å². The molecule has 1 N–H and O–H groups in total. The van der Waals surface area contributed by atoms with Crippen LogP contribution in [0.4, 0.5) is 0 Å². The number of aliphatic hydroxyl groups is 1. The normalized spacial score (nSPS) is 12.2. The van der Waals surface area contributed by atoms with E-state index < -0.39 is 6.10 Å². The number of pyridine rings is 1. The molecule has 0 aliphatic rings. The molecular formula is C20H14ClNOS2. The summed E-state index contributed by atoms with van der Waals surface area (Å²) in [5.74, 6) is 0. The summed E-state index contributed by atoms with van der Waals surface area (Å²) in [6.07, 6.45) is 2.65. The van der Waals surface area contributed by atoms with E-state index in [0.717, 1.165) is 32.7 Å². The van der Waals surface area contributed by atoms with Crippen LogP contribution in [0.5, 0.6) is 0 Å². The van der Waals surface area contributed by atoms with Gasteiger partial charge in [-0.25, -0.2) is 0 Å². The van der Waals surface area contributed by atoms with Crippen LogP contribution in [0, 0.1) is 0 Å². The van der Waals surface area contributed by atoms with Crippen molar-refractivity contribution < 1.29 is 5.11 Å². The monoisotopic (exact) mass is 383 g/mol. The van der Waals surface area contributed by atoms with E-state index in [9.17, 15) is 5.11 Å². The van der Waals surface area contributed by atoms with Crippen molar-refractivity contribution in [3.63, 3.8) is 0 Å². The summed E-state index contributed by atoms with van der Waals surface area (Å²) in [6.45, 7) is 0. The molecule has 124 valence electrons. The van der Waals surface area contributed by atoms with Gasteiger partial charge in [0.25, 0.3) is 0 Å². The Morgan fingerprint density at radius 3 is 2.60 bits per heavy atom. The molecule has 0 bridgehead atoms. The largest absolute Gasteiger partial charge is 0.384 e. The van der Waals surface area contributed by atoms with Crippen molar-refractivity contribution in [2.24, 2.45) is 0 Å². The van der Waals surface area contributed by atoms with Gasteiger partial charge in [-0.1, -0.05) is 35.9 Å². The Kier molecular flexibility index (Phi) is 4.68. The maximum atomic E-state index is 11.1. The first-order valence-corrected chi connectivity index (χ1v) is 9.92. The lowest BCUT2D eigenvalue weighted by Gasteiger charge is -2.15. The number of halogens is 1. The van der Waals surface area contributed by atoms with Crippen molar-refractivity contribution in [3.8, 4) is 21.6 Å². The van der Waals surface area contributed by atoms with Gasteiger partial charge in [0.05, 0.1) is 0 Å². The number of rotatable bonds is 4. The van der Waals surface area contributed by atoms with Crippen LogP contribution in [-0.2, 0) is 0 Å². The molecule has 1 atom stereocenters. The van der Waals surface area contributed by atoms with Crippen LogP contribution in [0.1, 0.15) is 17.2 Å². The summed E-state index contributed by atoms with van der Waals surface area (Å²) in [5.41, 5.74) is 4.66. The van der Waals surface area contributed by atoms with Gasteiger partial charge in [0.2, 0.25) is 0 Å². The summed E-state index contributed by atoms with van der Waals surface area (Å²) in [6, 6.07) is 13.5. The number of benzene rings is 1. The molecule has 4 aromatic rings. The lowest BCUT2D eigenvalue weighted by molar-refractivity contribution is 0.221. The molecule has 5 heteroatoms. The lowest BCUT2D eigenvalue weighted by atomic mass is 9.94. The third-order valence-electron chi connectivity index (χ3n) is 4.05. The number of nitrogens with zero attached hydrogens (tertiary/aromatic N) is 1. The maximum absolute atomic E-state index is 11.1. The molecule has 25 heavy (non-hydrogen) atoms. The van der Waals surface area contributed by atoms with Crippen LogP contribution in [0.2, 0.25) is 5.02 Å². The smallest absolute Gasteiger partial charge is 0.108 e. The summed E-state index contributed by atoms with van der Waals surface area (Å²) in [7, 11) is 0. The molecule has 0 aliphatic carbocycles. The first-order chi connectivity index (χ1) is 12.3. The third kappa shape index (κ3) is 3.14. The van der Waals surface area contributed by atoms with Gasteiger partial charge in [-0.2, -0.15) is 11.3 Å². The van der Waals surface area contributed by atoms with Crippen molar-refractivity contribution in [3.05, 3.63) is 87.1 Å². The lowest BCUT2D eigenvalue weighted by Crippen LogP contribution is -2.02. The highest BCUT2D eigenvalue weighted by atomic mass is 35.5. The van der Waals surface area contributed by atoms with E-state index in [1.165, 1.54) is 0 Å². The van der Waals surface area contributed by atoms with Crippen LogP contribution in [0.15, 0.2) is 71.0 Å². The SMILES string of the molecule is OC(c1cccnc1)c1c(-c2ccccc2Cl)csc1-c1ccsc1.